The van der Waals surface area contributed by atoms with E-state index in [-0.39, 0.29) is 5.54 Å². The molecule has 0 saturated carbocycles. The molecule has 2 fully saturated rings. The highest BCUT2D eigenvalue weighted by atomic mass is 16.5. The van der Waals surface area contributed by atoms with E-state index in [9.17, 15) is 0 Å². The quantitative estimate of drug-likeness (QED) is 0.736. The summed E-state index contributed by atoms with van der Waals surface area (Å²) in [6, 6.07) is 0. The molecular weight excluding hydrogens is 188 g/mol. The zero-order valence-electron chi connectivity index (χ0n) is 9.85. The molecule has 2 rings (SSSR count). The molecule has 0 bridgehead atoms. The highest BCUT2D eigenvalue weighted by Gasteiger charge is 2.39. The number of nitrogens with one attached hydrogen (secondary N) is 2. The molecule has 2 unspecified atom stereocenters. The number of rotatable bonds is 3. The lowest BCUT2D eigenvalue weighted by Gasteiger charge is -2.45. The maximum absolute atomic E-state index is 5.45. The Morgan fingerprint density at radius 1 is 1.27 bits per heavy atom. The van der Waals surface area contributed by atoms with Crippen molar-refractivity contribution in [1.29, 1.82) is 0 Å². The van der Waals surface area contributed by atoms with Gasteiger partial charge >= 0.3 is 0 Å². The van der Waals surface area contributed by atoms with Gasteiger partial charge in [0.05, 0.1) is 6.61 Å². The fraction of sp³-hybridized carbons (Fsp3) is 1.00. The van der Waals surface area contributed by atoms with Crippen LogP contribution in [0.3, 0.4) is 0 Å². The lowest BCUT2D eigenvalue weighted by Crippen LogP contribution is -2.60. The monoisotopic (exact) mass is 212 g/mol. The van der Waals surface area contributed by atoms with Gasteiger partial charge in [0.1, 0.15) is 0 Å². The molecule has 2 aliphatic heterocycles. The molecule has 0 amide bonds. The molecule has 0 radical (unpaired) electrons. The standard InChI is InChI=1S/C12H24N2O/c1-15-10-12(6-2-3-8-14-12)11-5-4-7-13-9-11/h11,13-14H,2-10H2,1H3. The van der Waals surface area contributed by atoms with Crippen LogP contribution in [0.15, 0.2) is 0 Å². The third kappa shape index (κ3) is 2.52. The summed E-state index contributed by atoms with van der Waals surface area (Å²) in [6.45, 7) is 4.40. The average Bonchev–Trinajstić information content (AvgIpc) is 2.32. The van der Waals surface area contributed by atoms with Crippen molar-refractivity contribution in [2.45, 2.75) is 37.6 Å². The minimum Gasteiger partial charge on any atom is -0.383 e. The van der Waals surface area contributed by atoms with Crippen LogP contribution in [0.2, 0.25) is 0 Å². The maximum Gasteiger partial charge on any atom is 0.0647 e. The van der Waals surface area contributed by atoms with E-state index in [1.165, 1.54) is 45.2 Å². The minimum atomic E-state index is 0.264. The van der Waals surface area contributed by atoms with Gasteiger partial charge in [0.25, 0.3) is 0 Å². The fourth-order valence-electron chi connectivity index (χ4n) is 3.16. The Bertz CT molecular complexity index is 179. The van der Waals surface area contributed by atoms with Gasteiger partial charge in [-0.25, -0.2) is 0 Å². The third-order valence-electron chi connectivity index (χ3n) is 4.01. The zero-order chi connectivity index (χ0) is 10.6. The Morgan fingerprint density at radius 2 is 2.20 bits per heavy atom. The number of piperidine rings is 2. The largest absolute Gasteiger partial charge is 0.383 e. The highest BCUT2D eigenvalue weighted by Crippen LogP contribution is 2.31. The lowest BCUT2D eigenvalue weighted by molar-refractivity contribution is 0.0384. The molecule has 2 aliphatic rings. The van der Waals surface area contributed by atoms with Gasteiger partial charge in [-0.2, -0.15) is 0 Å². The van der Waals surface area contributed by atoms with Crippen LogP contribution in [-0.4, -0.2) is 38.9 Å². The predicted molar refractivity (Wildman–Crippen MR) is 62.1 cm³/mol. The first-order valence-electron chi connectivity index (χ1n) is 6.32. The second-order valence-corrected chi connectivity index (χ2v) is 5.02. The van der Waals surface area contributed by atoms with Crippen LogP contribution in [0.5, 0.6) is 0 Å². The Hall–Kier alpha value is -0.120. The molecule has 2 N–H and O–H groups in total. The Kier molecular flexibility index (Phi) is 4.00. The van der Waals surface area contributed by atoms with Gasteiger partial charge in [0.15, 0.2) is 0 Å². The Morgan fingerprint density at radius 3 is 2.80 bits per heavy atom. The summed E-state index contributed by atoms with van der Waals surface area (Å²) in [5.74, 6) is 0.756. The van der Waals surface area contributed by atoms with Crippen LogP contribution in [0.1, 0.15) is 32.1 Å². The number of hydrogen-bond donors (Lipinski definition) is 2. The van der Waals surface area contributed by atoms with Crippen molar-refractivity contribution in [2.24, 2.45) is 5.92 Å². The Balaban J connectivity index is 2.01. The van der Waals surface area contributed by atoms with Crippen molar-refractivity contribution in [2.75, 3.05) is 33.4 Å². The predicted octanol–water partition coefficient (Wildman–Crippen LogP) is 1.14. The summed E-state index contributed by atoms with van der Waals surface area (Å²) in [5, 5.41) is 7.26. The molecule has 0 aromatic carbocycles. The molecule has 2 saturated heterocycles. The first kappa shape index (κ1) is 11.4. The molecule has 3 heteroatoms. The van der Waals surface area contributed by atoms with Crippen molar-refractivity contribution < 1.29 is 4.74 Å². The zero-order valence-corrected chi connectivity index (χ0v) is 9.85. The lowest BCUT2D eigenvalue weighted by atomic mass is 9.75. The van der Waals surface area contributed by atoms with Crippen molar-refractivity contribution in [3.63, 3.8) is 0 Å². The number of hydrogen-bond acceptors (Lipinski definition) is 3. The van der Waals surface area contributed by atoms with E-state index in [4.69, 9.17) is 4.74 Å². The summed E-state index contributed by atoms with van der Waals surface area (Å²) < 4.78 is 5.45. The minimum absolute atomic E-state index is 0.264. The highest BCUT2D eigenvalue weighted by molar-refractivity contribution is 4.98. The van der Waals surface area contributed by atoms with Gasteiger partial charge in [-0.15, -0.1) is 0 Å². The van der Waals surface area contributed by atoms with Crippen LogP contribution >= 0.6 is 0 Å². The summed E-state index contributed by atoms with van der Waals surface area (Å²) in [7, 11) is 1.83. The smallest absolute Gasteiger partial charge is 0.0647 e. The van der Waals surface area contributed by atoms with Crippen LogP contribution in [0.4, 0.5) is 0 Å². The van der Waals surface area contributed by atoms with Gasteiger partial charge in [0, 0.05) is 12.6 Å². The maximum atomic E-state index is 5.45. The summed E-state index contributed by atoms with van der Waals surface area (Å²) >= 11 is 0. The van der Waals surface area contributed by atoms with Gasteiger partial charge in [0.2, 0.25) is 0 Å². The van der Waals surface area contributed by atoms with E-state index in [2.05, 4.69) is 10.6 Å². The van der Waals surface area contributed by atoms with Crippen molar-refractivity contribution >= 4 is 0 Å². The molecule has 2 heterocycles. The van der Waals surface area contributed by atoms with E-state index >= 15 is 0 Å². The van der Waals surface area contributed by atoms with Crippen LogP contribution in [0.25, 0.3) is 0 Å². The molecule has 0 aliphatic carbocycles. The van der Waals surface area contributed by atoms with Gasteiger partial charge < -0.3 is 15.4 Å². The first-order valence-corrected chi connectivity index (χ1v) is 6.32. The van der Waals surface area contributed by atoms with Gasteiger partial charge in [-0.05, 0) is 51.2 Å². The molecule has 0 aromatic heterocycles. The Labute approximate surface area is 93.0 Å². The molecule has 0 aromatic rings. The topological polar surface area (TPSA) is 33.3 Å². The van der Waals surface area contributed by atoms with Crippen LogP contribution < -0.4 is 10.6 Å². The van der Waals surface area contributed by atoms with E-state index < -0.39 is 0 Å². The number of ether oxygens (including phenoxy) is 1. The normalized spacial score (nSPS) is 37.8. The van der Waals surface area contributed by atoms with Crippen LogP contribution in [0, 0.1) is 5.92 Å². The molecule has 0 spiro atoms. The van der Waals surface area contributed by atoms with E-state index in [1.54, 1.807) is 0 Å². The average molecular weight is 212 g/mol. The molecule has 3 nitrogen and oxygen atoms in total. The SMILES string of the molecule is COCC1(C2CCCNC2)CCCCN1. The summed E-state index contributed by atoms with van der Waals surface area (Å²) in [5.41, 5.74) is 0.264. The van der Waals surface area contributed by atoms with E-state index in [1.807, 2.05) is 7.11 Å². The van der Waals surface area contributed by atoms with Gasteiger partial charge in [-0.1, -0.05) is 6.42 Å². The number of methoxy groups -OCH3 is 1. The van der Waals surface area contributed by atoms with Gasteiger partial charge in [-0.3, -0.25) is 0 Å². The molecule has 15 heavy (non-hydrogen) atoms. The van der Waals surface area contributed by atoms with Crippen LogP contribution in [-0.2, 0) is 4.74 Å². The van der Waals surface area contributed by atoms with Crippen molar-refractivity contribution in [3.05, 3.63) is 0 Å². The molecule has 2 atom stereocenters. The van der Waals surface area contributed by atoms with Crippen molar-refractivity contribution in [3.8, 4) is 0 Å². The molecule has 88 valence electrons. The fourth-order valence-corrected chi connectivity index (χ4v) is 3.16. The van der Waals surface area contributed by atoms with E-state index in [0.717, 1.165) is 19.1 Å². The second-order valence-electron chi connectivity index (χ2n) is 5.02. The first-order chi connectivity index (χ1) is 7.37. The van der Waals surface area contributed by atoms with Crippen molar-refractivity contribution in [1.82, 2.24) is 10.6 Å². The summed E-state index contributed by atoms with van der Waals surface area (Å²) in [6.07, 6.45) is 6.63. The molecular formula is C12H24N2O. The van der Waals surface area contributed by atoms with E-state index in [0.29, 0.717) is 0 Å². The second kappa shape index (κ2) is 5.28. The summed E-state index contributed by atoms with van der Waals surface area (Å²) in [4.78, 5) is 0. The third-order valence-corrected chi connectivity index (χ3v) is 4.01.